The fourth-order valence-corrected chi connectivity index (χ4v) is 3.82. The van der Waals surface area contributed by atoms with Crippen molar-refractivity contribution >= 4 is 33.2 Å². The molecule has 11 heteroatoms. The van der Waals surface area contributed by atoms with Crippen molar-refractivity contribution in [2.45, 2.75) is 18.2 Å². The van der Waals surface area contributed by atoms with Crippen LogP contribution in [0.5, 0.6) is 0 Å². The predicted molar refractivity (Wildman–Crippen MR) is 112 cm³/mol. The first-order valence-corrected chi connectivity index (χ1v) is 10.6. The topological polar surface area (TPSA) is 118 Å². The van der Waals surface area contributed by atoms with E-state index in [-0.39, 0.29) is 23.2 Å². The number of hydrogen-bond donors (Lipinski definition) is 2. The average Bonchev–Trinajstić information content (AvgIpc) is 3.09. The highest BCUT2D eigenvalue weighted by molar-refractivity contribution is 7.92. The number of carbonyl (C=O) groups is 1. The third-order valence-electron chi connectivity index (χ3n) is 4.28. The lowest BCUT2D eigenvalue weighted by Crippen LogP contribution is -2.16. The second kappa shape index (κ2) is 8.11. The molecule has 0 atom stereocenters. The second-order valence-electron chi connectivity index (χ2n) is 6.72. The first-order valence-electron chi connectivity index (χ1n) is 9.14. The number of hydrogen-bond acceptors (Lipinski definition) is 6. The Hall–Kier alpha value is -3.86. The summed E-state index contributed by atoms with van der Waals surface area (Å²) in [6.45, 7) is 1.72. The van der Waals surface area contributed by atoms with Gasteiger partial charge in [-0.05, 0) is 49.4 Å². The van der Waals surface area contributed by atoms with E-state index >= 15 is 0 Å². The minimum atomic E-state index is -3.87. The van der Waals surface area contributed by atoms with Gasteiger partial charge in [-0.1, -0.05) is 0 Å². The van der Waals surface area contributed by atoms with Crippen molar-refractivity contribution in [3.05, 3.63) is 78.3 Å². The van der Waals surface area contributed by atoms with Crippen LogP contribution in [0.25, 0.3) is 5.65 Å². The van der Waals surface area contributed by atoms with Gasteiger partial charge in [0, 0.05) is 30.0 Å². The second-order valence-corrected chi connectivity index (χ2v) is 8.40. The molecule has 0 aliphatic rings. The summed E-state index contributed by atoms with van der Waals surface area (Å²) < 4.78 is 42.0. The van der Waals surface area contributed by atoms with Crippen molar-refractivity contribution in [1.29, 1.82) is 0 Å². The van der Waals surface area contributed by atoms with Gasteiger partial charge >= 0.3 is 0 Å². The molecule has 4 rings (SSSR count). The van der Waals surface area contributed by atoms with E-state index in [2.05, 4.69) is 25.0 Å². The Morgan fingerprint density at radius 2 is 1.84 bits per heavy atom. The van der Waals surface area contributed by atoms with Crippen molar-refractivity contribution < 1.29 is 17.6 Å². The molecule has 0 radical (unpaired) electrons. The molecule has 2 N–H and O–H groups in total. The maximum atomic E-state index is 13.3. The number of benzene rings is 1. The van der Waals surface area contributed by atoms with Crippen LogP contribution in [0.2, 0.25) is 0 Å². The van der Waals surface area contributed by atoms with E-state index < -0.39 is 15.8 Å². The molecule has 0 unspecified atom stereocenters. The SMILES string of the molecule is Cc1ccnc(NS(=O)(=O)c2ccc(NC(=O)Cc3cn4cc(F)ccc4n3)cc2)n1. The van der Waals surface area contributed by atoms with Crippen LogP contribution >= 0.6 is 0 Å². The summed E-state index contributed by atoms with van der Waals surface area (Å²) in [5.74, 6) is -0.769. The highest BCUT2D eigenvalue weighted by atomic mass is 32.2. The zero-order valence-electron chi connectivity index (χ0n) is 16.3. The van der Waals surface area contributed by atoms with Gasteiger partial charge in [0.25, 0.3) is 10.0 Å². The van der Waals surface area contributed by atoms with E-state index in [1.807, 2.05) is 0 Å². The molecule has 1 aromatic carbocycles. The highest BCUT2D eigenvalue weighted by Gasteiger charge is 2.16. The van der Waals surface area contributed by atoms with E-state index in [0.29, 0.717) is 22.7 Å². The molecule has 9 nitrogen and oxygen atoms in total. The lowest BCUT2D eigenvalue weighted by atomic mass is 10.3. The maximum Gasteiger partial charge on any atom is 0.264 e. The van der Waals surface area contributed by atoms with Crippen LogP contribution in [0, 0.1) is 12.7 Å². The lowest BCUT2D eigenvalue weighted by molar-refractivity contribution is -0.115. The van der Waals surface area contributed by atoms with Gasteiger partial charge in [-0.2, -0.15) is 0 Å². The van der Waals surface area contributed by atoms with Gasteiger partial charge in [0.05, 0.1) is 17.0 Å². The number of carbonyl (C=O) groups excluding carboxylic acids is 1. The number of amides is 1. The molecule has 1 amide bonds. The Labute approximate surface area is 177 Å². The minimum Gasteiger partial charge on any atom is -0.326 e. The monoisotopic (exact) mass is 440 g/mol. The van der Waals surface area contributed by atoms with Gasteiger partial charge in [-0.25, -0.2) is 32.5 Å². The molecule has 31 heavy (non-hydrogen) atoms. The number of pyridine rings is 1. The Bertz CT molecular complexity index is 1370. The summed E-state index contributed by atoms with van der Waals surface area (Å²) in [6.07, 6.45) is 4.29. The Morgan fingerprint density at radius 3 is 2.58 bits per heavy atom. The van der Waals surface area contributed by atoms with Crippen molar-refractivity contribution in [3.8, 4) is 0 Å². The van der Waals surface area contributed by atoms with Crippen molar-refractivity contribution in [2.24, 2.45) is 0 Å². The Kier molecular flexibility index (Phi) is 5.34. The van der Waals surface area contributed by atoms with Crippen LogP contribution in [0.15, 0.2) is 66.0 Å². The number of nitrogens with zero attached hydrogens (tertiary/aromatic N) is 4. The number of halogens is 1. The predicted octanol–water partition coefficient (Wildman–Crippen LogP) is 2.55. The van der Waals surface area contributed by atoms with Crippen LogP contribution in [-0.2, 0) is 21.2 Å². The van der Waals surface area contributed by atoms with Crippen molar-refractivity contribution in [1.82, 2.24) is 19.4 Å². The van der Waals surface area contributed by atoms with Crippen molar-refractivity contribution in [3.63, 3.8) is 0 Å². The molecule has 0 saturated carbocycles. The summed E-state index contributed by atoms with van der Waals surface area (Å²) in [5, 5.41) is 2.68. The van der Waals surface area contributed by atoms with E-state index in [4.69, 9.17) is 0 Å². The van der Waals surface area contributed by atoms with Gasteiger partial charge in [0.1, 0.15) is 11.5 Å². The molecule has 158 valence electrons. The third kappa shape index (κ3) is 4.83. The van der Waals surface area contributed by atoms with Crippen LogP contribution in [0.3, 0.4) is 0 Å². The summed E-state index contributed by atoms with van der Waals surface area (Å²) in [5.41, 5.74) is 2.06. The Morgan fingerprint density at radius 1 is 1.06 bits per heavy atom. The Balaban J connectivity index is 1.42. The largest absolute Gasteiger partial charge is 0.326 e. The fraction of sp³-hybridized carbons (Fsp3) is 0.100. The van der Waals surface area contributed by atoms with Gasteiger partial charge < -0.3 is 9.72 Å². The van der Waals surface area contributed by atoms with E-state index in [9.17, 15) is 17.6 Å². The minimum absolute atomic E-state index is 0.00187. The molecule has 0 fully saturated rings. The molecule has 0 aliphatic carbocycles. The highest BCUT2D eigenvalue weighted by Crippen LogP contribution is 2.17. The number of nitrogens with one attached hydrogen (secondary N) is 2. The number of aryl methyl sites for hydroxylation is 1. The van der Waals surface area contributed by atoms with Crippen LogP contribution in [0.1, 0.15) is 11.4 Å². The van der Waals surface area contributed by atoms with Crippen LogP contribution in [-0.4, -0.2) is 33.7 Å². The normalized spacial score (nSPS) is 11.4. The smallest absolute Gasteiger partial charge is 0.264 e. The zero-order chi connectivity index (χ0) is 22.0. The summed E-state index contributed by atoms with van der Waals surface area (Å²) in [7, 11) is -3.87. The summed E-state index contributed by atoms with van der Waals surface area (Å²) in [6, 6.07) is 10.1. The quantitative estimate of drug-likeness (QED) is 0.476. The van der Waals surface area contributed by atoms with Gasteiger partial charge in [0.15, 0.2) is 0 Å². The van der Waals surface area contributed by atoms with Crippen molar-refractivity contribution in [2.75, 3.05) is 10.0 Å². The van der Waals surface area contributed by atoms with Crippen LogP contribution < -0.4 is 10.0 Å². The standard InChI is InChI=1S/C20H17FN6O3S/c1-13-8-9-22-20(23-13)26-31(29,30)17-5-3-15(4-6-17)25-19(28)10-16-12-27-11-14(21)2-7-18(27)24-16/h2-9,11-12H,10H2,1H3,(H,25,28)(H,22,23,26). The van der Waals surface area contributed by atoms with E-state index in [0.717, 1.165) is 0 Å². The molecular formula is C20H17FN6O3S. The molecular weight excluding hydrogens is 423 g/mol. The van der Waals surface area contributed by atoms with E-state index in [1.54, 1.807) is 19.2 Å². The summed E-state index contributed by atoms with van der Waals surface area (Å²) in [4.78, 5) is 24.5. The maximum absolute atomic E-state index is 13.3. The summed E-state index contributed by atoms with van der Waals surface area (Å²) >= 11 is 0. The van der Waals surface area contributed by atoms with Gasteiger partial charge in [-0.15, -0.1) is 0 Å². The fourth-order valence-electron chi connectivity index (χ4n) is 2.87. The van der Waals surface area contributed by atoms with E-state index in [1.165, 1.54) is 53.2 Å². The van der Waals surface area contributed by atoms with Gasteiger partial charge in [-0.3, -0.25) is 4.79 Å². The van der Waals surface area contributed by atoms with Gasteiger partial charge in [0.2, 0.25) is 11.9 Å². The first kappa shape index (κ1) is 20.4. The number of aromatic nitrogens is 4. The molecule has 0 bridgehead atoms. The third-order valence-corrected chi connectivity index (χ3v) is 5.62. The van der Waals surface area contributed by atoms with Crippen LogP contribution in [0.4, 0.5) is 16.0 Å². The number of imidazole rings is 1. The number of rotatable bonds is 6. The average molecular weight is 440 g/mol. The molecule has 3 heterocycles. The number of sulfonamides is 1. The molecule has 4 aromatic rings. The molecule has 0 spiro atoms. The molecule has 0 aliphatic heterocycles. The zero-order valence-corrected chi connectivity index (χ0v) is 17.1. The first-order chi connectivity index (χ1) is 14.8. The molecule has 0 saturated heterocycles. The molecule has 3 aromatic heterocycles. The number of fused-ring (bicyclic) bond motifs is 1. The lowest BCUT2D eigenvalue weighted by Gasteiger charge is -2.08. The number of anilines is 2.